The second-order valence-corrected chi connectivity index (χ2v) is 7.16. The van der Waals surface area contributed by atoms with E-state index in [1.807, 2.05) is 13.8 Å². The number of unbranched alkanes of at least 4 members (excludes halogenated alkanes) is 1. The van der Waals surface area contributed by atoms with Crippen LogP contribution in [0.1, 0.15) is 52.4 Å². The Balaban J connectivity index is 2.22. The van der Waals surface area contributed by atoms with Crippen LogP contribution < -0.4 is 0 Å². The van der Waals surface area contributed by atoms with Crippen molar-refractivity contribution >= 4 is 0 Å². The maximum atomic E-state index is 8.99. The molecule has 0 aliphatic heterocycles. The molecule has 1 saturated carbocycles. The zero-order chi connectivity index (χ0) is 14.5. The fourth-order valence-electron chi connectivity index (χ4n) is 2.92. The van der Waals surface area contributed by atoms with E-state index in [0.29, 0.717) is 5.54 Å². The maximum Gasteiger partial charge on any atom is 0.0683 e. The van der Waals surface area contributed by atoms with Crippen molar-refractivity contribution in [2.24, 2.45) is 5.41 Å². The molecule has 0 unspecified atom stereocenters. The molecular weight excluding hydrogens is 234 g/mol. The Labute approximate surface area is 119 Å². The molecule has 0 atom stereocenters. The second kappa shape index (κ2) is 6.72. The first-order valence-electron chi connectivity index (χ1n) is 7.59. The summed E-state index contributed by atoms with van der Waals surface area (Å²) in [7, 11) is 6.66. The van der Waals surface area contributed by atoms with Crippen LogP contribution in [0.15, 0.2) is 0 Å². The van der Waals surface area contributed by atoms with Crippen LogP contribution in [0.3, 0.4) is 0 Å². The molecule has 0 bridgehead atoms. The highest BCUT2D eigenvalue weighted by Gasteiger charge is 2.39. The predicted molar refractivity (Wildman–Crippen MR) is 81.0 cm³/mol. The molecule has 110 valence electrons. The largest absolute Gasteiger partial charge is 0.305 e. The van der Waals surface area contributed by atoms with Gasteiger partial charge in [-0.2, -0.15) is 5.26 Å². The molecule has 0 aromatic carbocycles. The highest BCUT2D eigenvalue weighted by molar-refractivity contribution is 4.97. The molecular formula is C16H31N3. The predicted octanol–water partition coefficient (Wildman–Crippen LogP) is 3.12. The van der Waals surface area contributed by atoms with Crippen LogP contribution in [0.4, 0.5) is 0 Å². The molecule has 1 aliphatic carbocycles. The molecule has 0 saturated heterocycles. The van der Waals surface area contributed by atoms with Crippen LogP contribution in [0.2, 0.25) is 0 Å². The first-order chi connectivity index (χ1) is 8.81. The van der Waals surface area contributed by atoms with Crippen molar-refractivity contribution in [3.8, 4) is 6.07 Å². The van der Waals surface area contributed by atoms with Crippen LogP contribution >= 0.6 is 0 Å². The van der Waals surface area contributed by atoms with E-state index in [0.717, 1.165) is 19.4 Å². The van der Waals surface area contributed by atoms with Crippen molar-refractivity contribution in [1.29, 1.82) is 5.26 Å². The highest BCUT2D eigenvalue weighted by Crippen LogP contribution is 2.36. The third kappa shape index (κ3) is 4.78. The average molecular weight is 265 g/mol. The first-order valence-corrected chi connectivity index (χ1v) is 7.59. The van der Waals surface area contributed by atoms with E-state index in [1.54, 1.807) is 0 Å². The molecule has 0 heterocycles. The number of nitriles is 1. The van der Waals surface area contributed by atoms with E-state index in [1.165, 1.54) is 32.2 Å². The van der Waals surface area contributed by atoms with Crippen LogP contribution in [0.25, 0.3) is 0 Å². The molecule has 0 N–H and O–H groups in total. The number of hydrogen-bond acceptors (Lipinski definition) is 3. The second-order valence-electron chi connectivity index (χ2n) is 7.16. The zero-order valence-electron chi connectivity index (χ0n) is 13.5. The van der Waals surface area contributed by atoms with Gasteiger partial charge in [0.05, 0.1) is 11.5 Å². The van der Waals surface area contributed by atoms with Gasteiger partial charge in [0.1, 0.15) is 0 Å². The standard InChI is InChI=1S/C16H31N3/c1-15(2,13-17)9-6-7-12-19(5)14-16(18(3)4)10-8-11-16/h6-12,14H2,1-5H3. The summed E-state index contributed by atoms with van der Waals surface area (Å²) >= 11 is 0. The van der Waals surface area contributed by atoms with E-state index >= 15 is 0 Å². The summed E-state index contributed by atoms with van der Waals surface area (Å²) in [5.41, 5.74) is 0.276. The molecule has 0 amide bonds. The lowest BCUT2D eigenvalue weighted by Gasteiger charge is -2.49. The van der Waals surface area contributed by atoms with E-state index in [2.05, 4.69) is 37.0 Å². The minimum atomic E-state index is -0.155. The smallest absolute Gasteiger partial charge is 0.0683 e. The molecule has 3 nitrogen and oxygen atoms in total. The lowest BCUT2D eigenvalue weighted by Crippen LogP contribution is -2.56. The van der Waals surface area contributed by atoms with Crippen molar-refractivity contribution in [2.45, 2.75) is 57.9 Å². The highest BCUT2D eigenvalue weighted by atomic mass is 15.2. The average Bonchev–Trinajstić information content (AvgIpc) is 2.29. The topological polar surface area (TPSA) is 30.3 Å². The van der Waals surface area contributed by atoms with Gasteiger partial charge in [0.25, 0.3) is 0 Å². The summed E-state index contributed by atoms with van der Waals surface area (Å²) in [6.07, 6.45) is 7.42. The lowest BCUT2D eigenvalue weighted by atomic mass is 9.75. The van der Waals surface area contributed by atoms with Gasteiger partial charge < -0.3 is 9.80 Å². The summed E-state index contributed by atoms with van der Waals surface area (Å²) < 4.78 is 0. The van der Waals surface area contributed by atoms with Crippen LogP contribution in [0, 0.1) is 16.7 Å². The summed E-state index contributed by atoms with van der Waals surface area (Å²) in [4.78, 5) is 4.88. The molecule has 0 aromatic heterocycles. The number of nitrogens with zero attached hydrogens (tertiary/aromatic N) is 3. The summed E-state index contributed by atoms with van der Waals surface area (Å²) in [6, 6.07) is 2.38. The first kappa shape index (κ1) is 16.5. The summed E-state index contributed by atoms with van der Waals surface area (Å²) in [5, 5.41) is 8.99. The maximum absolute atomic E-state index is 8.99. The molecule has 0 spiro atoms. The summed E-state index contributed by atoms with van der Waals surface area (Å²) in [5.74, 6) is 0. The molecule has 0 radical (unpaired) electrons. The van der Waals surface area contributed by atoms with Crippen molar-refractivity contribution < 1.29 is 0 Å². The van der Waals surface area contributed by atoms with Crippen LogP contribution in [-0.4, -0.2) is 49.6 Å². The summed E-state index contributed by atoms with van der Waals surface area (Å²) in [6.45, 7) is 6.40. The normalized spacial score (nSPS) is 18.4. The fourth-order valence-corrected chi connectivity index (χ4v) is 2.92. The third-order valence-electron chi connectivity index (χ3n) is 4.69. The molecule has 1 rings (SSSR count). The number of rotatable bonds is 8. The monoisotopic (exact) mass is 265 g/mol. The van der Waals surface area contributed by atoms with Gasteiger partial charge in [-0.25, -0.2) is 0 Å². The van der Waals surface area contributed by atoms with Crippen molar-refractivity contribution in [3.63, 3.8) is 0 Å². The Morgan fingerprint density at radius 3 is 2.21 bits per heavy atom. The molecule has 1 fully saturated rings. The van der Waals surface area contributed by atoms with E-state index in [4.69, 9.17) is 5.26 Å². The molecule has 3 heteroatoms. The quantitative estimate of drug-likeness (QED) is 0.632. The van der Waals surface area contributed by atoms with Crippen molar-refractivity contribution in [1.82, 2.24) is 9.80 Å². The van der Waals surface area contributed by atoms with Crippen molar-refractivity contribution in [2.75, 3.05) is 34.2 Å². The minimum Gasteiger partial charge on any atom is -0.305 e. The van der Waals surface area contributed by atoms with E-state index < -0.39 is 0 Å². The molecule has 0 aromatic rings. The van der Waals surface area contributed by atoms with Gasteiger partial charge in [-0.15, -0.1) is 0 Å². The van der Waals surface area contributed by atoms with Gasteiger partial charge in [-0.3, -0.25) is 0 Å². The SMILES string of the molecule is CN(CCCCC(C)(C)C#N)CC1(N(C)C)CCC1. The number of hydrogen-bond donors (Lipinski definition) is 0. The van der Waals surface area contributed by atoms with Gasteiger partial charge in [-0.05, 0) is 73.6 Å². The fraction of sp³-hybridized carbons (Fsp3) is 0.938. The van der Waals surface area contributed by atoms with Gasteiger partial charge in [-0.1, -0.05) is 6.42 Å². The Kier molecular flexibility index (Phi) is 5.82. The Morgan fingerprint density at radius 2 is 1.79 bits per heavy atom. The third-order valence-corrected chi connectivity index (χ3v) is 4.69. The van der Waals surface area contributed by atoms with Gasteiger partial charge in [0.15, 0.2) is 0 Å². The molecule has 1 aliphatic rings. The minimum absolute atomic E-state index is 0.155. The Hall–Kier alpha value is -0.590. The Morgan fingerprint density at radius 1 is 1.16 bits per heavy atom. The van der Waals surface area contributed by atoms with Gasteiger partial charge in [0, 0.05) is 12.1 Å². The van der Waals surface area contributed by atoms with E-state index in [-0.39, 0.29) is 5.41 Å². The van der Waals surface area contributed by atoms with E-state index in [9.17, 15) is 0 Å². The zero-order valence-corrected chi connectivity index (χ0v) is 13.5. The molecule has 19 heavy (non-hydrogen) atoms. The van der Waals surface area contributed by atoms with Crippen LogP contribution in [-0.2, 0) is 0 Å². The number of likely N-dealkylation sites (N-methyl/N-ethyl adjacent to an activating group) is 2. The van der Waals surface area contributed by atoms with Gasteiger partial charge in [0.2, 0.25) is 0 Å². The Bertz CT molecular complexity index is 310. The lowest BCUT2D eigenvalue weighted by molar-refractivity contribution is 0.0274. The van der Waals surface area contributed by atoms with Gasteiger partial charge >= 0.3 is 0 Å². The van der Waals surface area contributed by atoms with Crippen molar-refractivity contribution in [3.05, 3.63) is 0 Å². The van der Waals surface area contributed by atoms with Crippen LogP contribution in [0.5, 0.6) is 0 Å².